The van der Waals surface area contributed by atoms with Gasteiger partial charge >= 0.3 is 0 Å². The van der Waals surface area contributed by atoms with Crippen molar-refractivity contribution in [3.8, 4) is 11.5 Å². The third kappa shape index (κ3) is 4.52. The Kier molecular flexibility index (Phi) is 6.82. The number of carbonyl (C=O) groups is 1. The van der Waals surface area contributed by atoms with Crippen LogP contribution in [0, 0.1) is 0 Å². The van der Waals surface area contributed by atoms with Crippen molar-refractivity contribution >= 4 is 11.5 Å². The van der Waals surface area contributed by atoms with E-state index in [4.69, 9.17) is 19.9 Å². The predicted molar refractivity (Wildman–Crippen MR) is 125 cm³/mol. The van der Waals surface area contributed by atoms with E-state index in [1.807, 2.05) is 41.3 Å². The van der Waals surface area contributed by atoms with Gasteiger partial charge in [0.2, 0.25) is 0 Å². The molecule has 0 saturated carbocycles. The van der Waals surface area contributed by atoms with Crippen LogP contribution >= 0.6 is 0 Å². The van der Waals surface area contributed by atoms with Gasteiger partial charge in [-0.3, -0.25) is 4.79 Å². The van der Waals surface area contributed by atoms with E-state index < -0.39 is 0 Å². The van der Waals surface area contributed by atoms with E-state index in [9.17, 15) is 4.79 Å². The molecule has 32 heavy (non-hydrogen) atoms. The zero-order chi connectivity index (χ0) is 22.6. The zero-order valence-corrected chi connectivity index (χ0v) is 18.8. The number of rotatable bonds is 8. The summed E-state index contributed by atoms with van der Waals surface area (Å²) in [5.41, 5.74) is 9.46. The van der Waals surface area contributed by atoms with Crippen LogP contribution in [0.5, 0.6) is 11.5 Å². The Balaban J connectivity index is 1.39. The summed E-state index contributed by atoms with van der Waals surface area (Å²) >= 11 is 0. The average molecular weight is 437 g/mol. The molecular weight excluding hydrogens is 404 g/mol. The highest BCUT2D eigenvalue weighted by molar-refractivity contribution is 6.18. The summed E-state index contributed by atoms with van der Waals surface area (Å²) in [6, 6.07) is 13.8. The molecule has 1 fully saturated rings. The molecule has 2 N–H and O–H groups in total. The van der Waals surface area contributed by atoms with Crippen molar-refractivity contribution in [2.24, 2.45) is 5.73 Å². The molecule has 0 atom stereocenters. The van der Waals surface area contributed by atoms with E-state index in [1.165, 1.54) is 5.56 Å². The van der Waals surface area contributed by atoms with Gasteiger partial charge in [0.25, 0.3) is 5.91 Å². The first-order valence-electron chi connectivity index (χ1n) is 11.2. The Morgan fingerprint density at radius 3 is 2.75 bits per heavy atom. The molecule has 4 rings (SSSR count). The summed E-state index contributed by atoms with van der Waals surface area (Å²) in [5.74, 6) is 1.67. The summed E-state index contributed by atoms with van der Waals surface area (Å²) in [7, 11) is 1.68. The van der Waals surface area contributed by atoms with Gasteiger partial charge in [0.15, 0.2) is 0 Å². The molecule has 2 aromatic carbocycles. The van der Waals surface area contributed by atoms with E-state index in [-0.39, 0.29) is 11.3 Å². The summed E-state index contributed by atoms with van der Waals surface area (Å²) in [6.07, 6.45) is 2.56. The number of ether oxygens (including phenoxy) is 3. The minimum Gasteiger partial charge on any atom is -0.493 e. The van der Waals surface area contributed by atoms with Gasteiger partial charge in [-0.15, -0.1) is 0 Å². The lowest BCUT2D eigenvalue weighted by Gasteiger charge is -2.39. The van der Waals surface area contributed by atoms with E-state index in [1.54, 1.807) is 7.11 Å². The van der Waals surface area contributed by atoms with Crippen molar-refractivity contribution in [3.63, 3.8) is 0 Å². The fourth-order valence-electron chi connectivity index (χ4n) is 4.57. The highest BCUT2D eigenvalue weighted by atomic mass is 16.5. The monoisotopic (exact) mass is 436 g/mol. The Labute approximate surface area is 189 Å². The molecule has 1 spiro atoms. The number of likely N-dealkylation sites (tertiary alicyclic amines) is 1. The molecule has 1 amide bonds. The summed E-state index contributed by atoms with van der Waals surface area (Å²) < 4.78 is 16.8. The number of fused-ring (bicyclic) bond motifs is 2. The second kappa shape index (κ2) is 9.76. The van der Waals surface area contributed by atoms with Crippen molar-refractivity contribution < 1.29 is 19.0 Å². The summed E-state index contributed by atoms with van der Waals surface area (Å²) in [6.45, 7) is 7.87. The molecule has 2 heterocycles. The van der Waals surface area contributed by atoms with Crippen molar-refractivity contribution in [1.29, 1.82) is 0 Å². The summed E-state index contributed by atoms with van der Waals surface area (Å²) in [4.78, 5) is 15.1. The SMILES string of the molecule is C=C(C(=O)N1CCC2(CC1)COc1ccc(CN)cc12)c1cccc(OCCCOC)c1. The number of hydrogen-bond acceptors (Lipinski definition) is 5. The molecule has 0 aromatic heterocycles. The molecule has 2 aliphatic heterocycles. The van der Waals surface area contributed by atoms with Crippen molar-refractivity contribution in [3.05, 3.63) is 65.7 Å². The van der Waals surface area contributed by atoms with Gasteiger partial charge in [-0.1, -0.05) is 30.8 Å². The molecule has 170 valence electrons. The largest absolute Gasteiger partial charge is 0.493 e. The topological polar surface area (TPSA) is 74.0 Å². The third-order valence-corrected chi connectivity index (χ3v) is 6.56. The van der Waals surface area contributed by atoms with E-state index in [0.717, 1.165) is 41.9 Å². The molecule has 0 aliphatic carbocycles. The van der Waals surface area contributed by atoms with E-state index >= 15 is 0 Å². The highest BCUT2D eigenvalue weighted by Crippen LogP contribution is 2.46. The van der Waals surface area contributed by atoms with E-state index in [2.05, 4.69) is 12.6 Å². The Hall–Kier alpha value is -2.83. The normalized spacial score (nSPS) is 16.5. The van der Waals surface area contributed by atoms with Gasteiger partial charge in [-0.05, 0) is 42.2 Å². The lowest BCUT2D eigenvalue weighted by atomic mass is 9.74. The second-order valence-electron chi connectivity index (χ2n) is 8.60. The summed E-state index contributed by atoms with van der Waals surface area (Å²) in [5, 5.41) is 0. The Bertz CT molecular complexity index is 980. The molecule has 6 nitrogen and oxygen atoms in total. The molecule has 6 heteroatoms. The van der Waals surface area contributed by atoms with Gasteiger partial charge in [-0.2, -0.15) is 0 Å². The lowest BCUT2D eigenvalue weighted by molar-refractivity contribution is -0.126. The van der Waals surface area contributed by atoms with Gasteiger partial charge in [0.1, 0.15) is 11.5 Å². The van der Waals surface area contributed by atoms with Gasteiger partial charge in [0.05, 0.1) is 13.2 Å². The number of nitrogens with two attached hydrogens (primary N) is 1. The van der Waals surface area contributed by atoms with E-state index in [0.29, 0.717) is 45.0 Å². The maximum absolute atomic E-state index is 13.2. The number of hydrogen-bond donors (Lipinski definition) is 1. The maximum atomic E-state index is 13.2. The van der Waals surface area contributed by atoms with Crippen LogP contribution in [0.3, 0.4) is 0 Å². The molecule has 0 unspecified atom stereocenters. The second-order valence-corrected chi connectivity index (χ2v) is 8.60. The first-order chi connectivity index (χ1) is 15.6. The zero-order valence-electron chi connectivity index (χ0n) is 18.8. The molecule has 1 saturated heterocycles. The molecule has 0 radical (unpaired) electrons. The van der Waals surface area contributed by atoms with Crippen LogP contribution in [0.4, 0.5) is 0 Å². The Morgan fingerprint density at radius 1 is 1.19 bits per heavy atom. The van der Waals surface area contributed by atoms with Crippen LogP contribution in [0.15, 0.2) is 49.0 Å². The van der Waals surface area contributed by atoms with Crippen LogP contribution in [0.2, 0.25) is 0 Å². The fraction of sp³-hybridized carbons (Fsp3) is 0.423. The fourth-order valence-corrected chi connectivity index (χ4v) is 4.57. The first-order valence-corrected chi connectivity index (χ1v) is 11.2. The van der Waals surface area contributed by atoms with Crippen LogP contribution in [0.1, 0.15) is 36.0 Å². The number of methoxy groups -OCH3 is 1. The van der Waals surface area contributed by atoms with Gasteiger partial charge < -0.3 is 24.8 Å². The van der Waals surface area contributed by atoms with Crippen LogP contribution < -0.4 is 15.2 Å². The lowest BCUT2D eigenvalue weighted by Crippen LogP contribution is -2.46. The quantitative estimate of drug-likeness (QED) is 0.506. The van der Waals surface area contributed by atoms with Crippen LogP contribution in [-0.4, -0.2) is 50.8 Å². The molecular formula is C26H32N2O4. The first kappa shape index (κ1) is 22.4. The number of amides is 1. The predicted octanol–water partition coefficient (Wildman–Crippen LogP) is 3.53. The van der Waals surface area contributed by atoms with Crippen molar-refractivity contribution in [2.75, 3.05) is 40.0 Å². The minimum absolute atomic E-state index is 0.0220. The van der Waals surface area contributed by atoms with Crippen molar-refractivity contribution in [1.82, 2.24) is 4.90 Å². The van der Waals surface area contributed by atoms with Crippen LogP contribution in [0.25, 0.3) is 5.57 Å². The highest BCUT2D eigenvalue weighted by Gasteiger charge is 2.44. The Morgan fingerprint density at radius 2 is 2.00 bits per heavy atom. The number of piperidine rings is 1. The van der Waals surface area contributed by atoms with Gasteiger partial charge in [0, 0.05) is 56.3 Å². The third-order valence-electron chi connectivity index (χ3n) is 6.56. The molecule has 2 aromatic rings. The molecule has 2 aliphatic rings. The smallest absolute Gasteiger partial charge is 0.253 e. The average Bonchev–Trinajstić information content (AvgIpc) is 3.18. The minimum atomic E-state index is -0.0331. The number of nitrogens with zero attached hydrogens (tertiary/aromatic N) is 1. The van der Waals surface area contributed by atoms with Crippen LogP contribution in [-0.2, 0) is 21.5 Å². The number of carbonyl (C=O) groups excluding carboxylic acids is 1. The van der Waals surface area contributed by atoms with Gasteiger partial charge in [-0.25, -0.2) is 0 Å². The van der Waals surface area contributed by atoms with Crippen molar-refractivity contribution in [2.45, 2.75) is 31.2 Å². The molecule has 0 bridgehead atoms. The number of benzene rings is 2. The standard InChI is InChI=1S/C26H32N2O4/c1-19(21-5-3-6-22(16-21)31-14-4-13-30-2)25(29)28-11-9-26(10-12-28)18-32-24-8-7-20(17-27)15-23(24)26/h3,5-8,15-16H,1,4,9-14,17-18,27H2,2H3. The maximum Gasteiger partial charge on any atom is 0.253 e.